The molecule has 1 heterocycles. The molecule has 1 aliphatic carbocycles. The highest BCUT2D eigenvalue weighted by molar-refractivity contribution is 5.80. The number of nitrogens with one attached hydrogen (secondary N) is 3. The van der Waals surface area contributed by atoms with Crippen LogP contribution in [0.1, 0.15) is 6.92 Å². The number of rotatable bonds is 1. The van der Waals surface area contributed by atoms with Gasteiger partial charge in [0.15, 0.2) is 0 Å². The molecule has 2 rings (SSSR count). The van der Waals surface area contributed by atoms with Crippen molar-refractivity contribution in [1.82, 2.24) is 10.6 Å². The Labute approximate surface area is 77.4 Å². The predicted octanol–water partition coefficient (Wildman–Crippen LogP) is -0.305. The smallest absolute Gasteiger partial charge is 0.0560 e. The van der Waals surface area contributed by atoms with Crippen LogP contribution in [-0.4, -0.2) is 24.5 Å². The topological polar surface area (TPSA) is 73.9 Å². The van der Waals surface area contributed by atoms with Crippen molar-refractivity contribution in [1.29, 1.82) is 5.41 Å². The van der Waals surface area contributed by atoms with E-state index in [4.69, 9.17) is 11.1 Å². The van der Waals surface area contributed by atoms with Gasteiger partial charge in [-0.3, -0.25) is 10.6 Å². The maximum atomic E-state index is 7.28. The molecule has 1 fully saturated rings. The van der Waals surface area contributed by atoms with Crippen LogP contribution in [0.15, 0.2) is 23.4 Å². The molecule has 13 heavy (non-hydrogen) atoms. The summed E-state index contributed by atoms with van der Waals surface area (Å²) in [6.45, 7) is 2.06. The molecule has 0 aromatic heterocycles. The highest BCUT2D eigenvalue weighted by atomic mass is 15.2. The summed E-state index contributed by atoms with van der Waals surface area (Å²) in [5.41, 5.74) is 7.34. The Hall–Kier alpha value is -1.13. The summed E-state index contributed by atoms with van der Waals surface area (Å²) < 4.78 is 0. The molecule has 0 aromatic rings. The summed E-state index contributed by atoms with van der Waals surface area (Å²) in [6, 6.07) is 0.441. The van der Waals surface area contributed by atoms with E-state index in [1.54, 1.807) is 0 Å². The fourth-order valence-electron chi connectivity index (χ4n) is 1.91. The van der Waals surface area contributed by atoms with Crippen molar-refractivity contribution in [3.05, 3.63) is 23.4 Å². The van der Waals surface area contributed by atoms with Gasteiger partial charge in [0.25, 0.3) is 0 Å². The van der Waals surface area contributed by atoms with Gasteiger partial charge in [-0.2, -0.15) is 0 Å². The van der Waals surface area contributed by atoms with Crippen LogP contribution in [0, 0.1) is 5.41 Å². The van der Waals surface area contributed by atoms with Gasteiger partial charge in [-0.05, 0) is 13.0 Å². The minimum absolute atomic E-state index is 0.164. The number of hydrogen-bond donors (Lipinski definition) is 4. The second-order valence-electron chi connectivity index (χ2n) is 3.47. The number of allylic oxidation sites excluding steroid dienone is 1. The van der Waals surface area contributed by atoms with E-state index < -0.39 is 0 Å². The zero-order valence-corrected chi connectivity index (χ0v) is 7.54. The molecule has 0 aromatic carbocycles. The summed E-state index contributed by atoms with van der Waals surface area (Å²) in [5.74, 6) is 0. The van der Waals surface area contributed by atoms with Crippen LogP contribution in [0.3, 0.4) is 0 Å². The van der Waals surface area contributed by atoms with Crippen LogP contribution in [-0.2, 0) is 0 Å². The molecule has 0 amide bonds. The van der Waals surface area contributed by atoms with E-state index in [9.17, 15) is 0 Å². The number of fused-ring (bicyclic) bond motifs is 1. The Bertz CT molecular complexity index is 292. The summed E-state index contributed by atoms with van der Waals surface area (Å²) >= 11 is 0. The van der Waals surface area contributed by atoms with E-state index in [1.807, 2.05) is 12.2 Å². The van der Waals surface area contributed by atoms with Crippen molar-refractivity contribution in [3.63, 3.8) is 0 Å². The van der Waals surface area contributed by atoms with Crippen molar-refractivity contribution >= 4 is 6.21 Å². The SMILES string of the molecule is CC1NC2C=CC(N)=C(C=N)C2N1. The number of nitrogens with two attached hydrogens (primary N) is 1. The van der Waals surface area contributed by atoms with Crippen LogP contribution in [0.2, 0.25) is 0 Å². The lowest BCUT2D eigenvalue weighted by atomic mass is 9.94. The van der Waals surface area contributed by atoms with E-state index in [0.29, 0.717) is 5.70 Å². The monoisotopic (exact) mass is 178 g/mol. The zero-order valence-electron chi connectivity index (χ0n) is 7.54. The van der Waals surface area contributed by atoms with Crippen LogP contribution < -0.4 is 16.4 Å². The molecule has 0 radical (unpaired) electrons. The molecule has 1 saturated heterocycles. The van der Waals surface area contributed by atoms with E-state index in [2.05, 4.69) is 17.6 Å². The van der Waals surface area contributed by atoms with Crippen LogP contribution in [0.25, 0.3) is 0 Å². The van der Waals surface area contributed by atoms with E-state index in [1.165, 1.54) is 6.21 Å². The van der Waals surface area contributed by atoms with Crippen LogP contribution in [0.4, 0.5) is 0 Å². The standard InChI is InChI=1S/C9H14N4/c1-5-12-8-3-2-7(11)6(4-10)9(8)13-5/h2-5,8-10,12-13H,11H2,1H3. The fraction of sp³-hybridized carbons (Fsp3) is 0.444. The van der Waals surface area contributed by atoms with Gasteiger partial charge in [0.1, 0.15) is 0 Å². The Morgan fingerprint density at radius 1 is 1.54 bits per heavy atom. The minimum Gasteiger partial charge on any atom is -0.398 e. The first-order valence-corrected chi connectivity index (χ1v) is 4.43. The van der Waals surface area contributed by atoms with Gasteiger partial charge in [-0.15, -0.1) is 0 Å². The molecule has 4 heteroatoms. The van der Waals surface area contributed by atoms with Crippen molar-refractivity contribution in [2.24, 2.45) is 5.73 Å². The molecule has 5 N–H and O–H groups in total. The summed E-state index contributed by atoms with van der Waals surface area (Å²) in [7, 11) is 0. The maximum absolute atomic E-state index is 7.28. The third-order valence-electron chi connectivity index (χ3n) is 2.54. The van der Waals surface area contributed by atoms with Crippen LogP contribution >= 0.6 is 0 Å². The second kappa shape index (κ2) is 2.97. The Morgan fingerprint density at radius 3 is 3.00 bits per heavy atom. The van der Waals surface area contributed by atoms with Gasteiger partial charge < -0.3 is 11.1 Å². The zero-order chi connectivity index (χ0) is 9.42. The predicted molar refractivity (Wildman–Crippen MR) is 52.4 cm³/mol. The van der Waals surface area contributed by atoms with Crippen LogP contribution in [0.5, 0.6) is 0 Å². The average molecular weight is 178 g/mol. The van der Waals surface area contributed by atoms with E-state index in [0.717, 1.165) is 5.57 Å². The van der Waals surface area contributed by atoms with Gasteiger partial charge in [-0.1, -0.05) is 6.08 Å². The normalized spacial score (nSPS) is 37.8. The second-order valence-corrected chi connectivity index (χ2v) is 3.47. The van der Waals surface area contributed by atoms with Gasteiger partial charge in [-0.25, -0.2) is 0 Å². The molecule has 0 spiro atoms. The summed E-state index contributed by atoms with van der Waals surface area (Å²) in [4.78, 5) is 0. The number of hydrogen-bond acceptors (Lipinski definition) is 4. The Morgan fingerprint density at radius 2 is 2.31 bits per heavy atom. The molecule has 1 aliphatic heterocycles. The molecular weight excluding hydrogens is 164 g/mol. The molecule has 3 unspecified atom stereocenters. The van der Waals surface area contributed by atoms with Gasteiger partial charge in [0, 0.05) is 23.5 Å². The molecule has 2 aliphatic rings. The molecular formula is C9H14N4. The van der Waals surface area contributed by atoms with Crippen molar-refractivity contribution in [3.8, 4) is 0 Å². The molecule has 3 atom stereocenters. The lowest BCUT2D eigenvalue weighted by Gasteiger charge is -2.21. The lowest BCUT2D eigenvalue weighted by Crippen LogP contribution is -2.38. The first kappa shape index (κ1) is 8.47. The molecule has 4 nitrogen and oxygen atoms in total. The average Bonchev–Trinajstić information content (AvgIpc) is 2.45. The molecule has 70 valence electrons. The quantitative estimate of drug-likeness (QED) is 0.416. The van der Waals surface area contributed by atoms with Crippen molar-refractivity contribution in [2.75, 3.05) is 0 Å². The highest BCUT2D eigenvalue weighted by Crippen LogP contribution is 2.19. The van der Waals surface area contributed by atoms with Gasteiger partial charge in [0.05, 0.1) is 12.2 Å². The Kier molecular flexibility index (Phi) is 1.94. The minimum atomic E-state index is 0.164. The first-order chi connectivity index (χ1) is 6.22. The highest BCUT2D eigenvalue weighted by Gasteiger charge is 2.33. The fourth-order valence-corrected chi connectivity index (χ4v) is 1.91. The molecule has 0 saturated carbocycles. The van der Waals surface area contributed by atoms with Gasteiger partial charge >= 0.3 is 0 Å². The lowest BCUT2D eigenvalue weighted by molar-refractivity contribution is 0.584. The molecule has 0 bridgehead atoms. The third kappa shape index (κ3) is 1.28. The third-order valence-corrected chi connectivity index (χ3v) is 2.54. The van der Waals surface area contributed by atoms with Crippen molar-refractivity contribution < 1.29 is 0 Å². The van der Waals surface area contributed by atoms with E-state index >= 15 is 0 Å². The first-order valence-electron chi connectivity index (χ1n) is 4.43. The van der Waals surface area contributed by atoms with Crippen molar-refractivity contribution in [2.45, 2.75) is 25.2 Å². The van der Waals surface area contributed by atoms with E-state index in [-0.39, 0.29) is 18.2 Å². The summed E-state index contributed by atoms with van der Waals surface area (Å²) in [6.07, 6.45) is 5.53. The maximum Gasteiger partial charge on any atom is 0.0560 e. The summed E-state index contributed by atoms with van der Waals surface area (Å²) in [5, 5.41) is 14.0. The largest absolute Gasteiger partial charge is 0.398 e. The Balaban J connectivity index is 2.32. The van der Waals surface area contributed by atoms with Gasteiger partial charge in [0.2, 0.25) is 0 Å².